The average molecular weight is 221 g/mol. The maximum atomic E-state index is 9.83. The average Bonchev–Trinajstić information content (AvgIpc) is 2.58. The van der Waals surface area contributed by atoms with Crippen LogP contribution in [-0.4, -0.2) is 32.2 Å². The molecule has 2 rings (SSSR count). The van der Waals surface area contributed by atoms with Gasteiger partial charge in [0.25, 0.3) is 0 Å². The lowest BCUT2D eigenvalue weighted by Gasteiger charge is -2.18. The Morgan fingerprint density at radius 3 is 2.88 bits per heavy atom. The highest BCUT2D eigenvalue weighted by Crippen LogP contribution is 2.14. The van der Waals surface area contributed by atoms with Crippen molar-refractivity contribution >= 4 is 17.0 Å². The highest BCUT2D eigenvalue weighted by atomic mass is 16.3. The molecule has 0 spiro atoms. The Labute approximate surface area is 92.7 Å². The zero-order valence-electron chi connectivity index (χ0n) is 9.07. The molecule has 0 aliphatic rings. The van der Waals surface area contributed by atoms with E-state index >= 15 is 0 Å². The number of anilines is 1. The Kier molecular flexibility index (Phi) is 2.53. The van der Waals surface area contributed by atoms with Crippen LogP contribution < -0.4 is 11.5 Å². The van der Waals surface area contributed by atoms with Gasteiger partial charge in [0.05, 0.1) is 11.1 Å². The smallest absolute Gasteiger partial charge is 0.179 e. The fourth-order valence-corrected chi connectivity index (χ4v) is 1.47. The minimum atomic E-state index is -0.959. The van der Waals surface area contributed by atoms with Crippen molar-refractivity contribution < 1.29 is 5.11 Å². The second-order valence-corrected chi connectivity index (χ2v) is 4.17. The quantitative estimate of drug-likeness (QED) is 0.572. The number of rotatable bonds is 3. The van der Waals surface area contributed by atoms with E-state index in [-0.39, 0.29) is 6.54 Å². The van der Waals surface area contributed by atoms with Gasteiger partial charge in [0, 0.05) is 13.0 Å². The van der Waals surface area contributed by atoms with Gasteiger partial charge in [0.15, 0.2) is 5.65 Å². The summed E-state index contributed by atoms with van der Waals surface area (Å²) in [5.41, 5.74) is 11.4. The van der Waals surface area contributed by atoms with E-state index in [4.69, 9.17) is 11.5 Å². The summed E-state index contributed by atoms with van der Waals surface area (Å²) in [6.45, 7) is 1.85. The third-order valence-corrected chi connectivity index (χ3v) is 2.40. The second-order valence-electron chi connectivity index (χ2n) is 4.17. The first-order chi connectivity index (χ1) is 7.50. The minimum Gasteiger partial charge on any atom is -0.388 e. The van der Waals surface area contributed by atoms with Gasteiger partial charge in [-0.3, -0.25) is 0 Å². The molecule has 6 N–H and O–H groups in total. The van der Waals surface area contributed by atoms with Gasteiger partial charge in [-0.15, -0.1) is 0 Å². The fourth-order valence-electron chi connectivity index (χ4n) is 1.47. The molecule has 6 nitrogen and oxygen atoms in total. The van der Waals surface area contributed by atoms with Crippen molar-refractivity contribution in [2.24, 2.45) is 5.73 Å². The first-order valence-corrected chi connectivity index (χ1v) is 5.04. The highest BCUT2D eigenvalue weighted by molar-refractivity contribution is 5.72. The maximum Gasteiger partial charge on any atom is 0.179 e. The molecule has 6 heteroatoms. The van der Waals surface area contributed by atoms with Crippen molar-refractivity contribution in [1.82, 2.24) is 15.0 Å². The number of hydrogen-bond acceptors (Lipinski definition) is 5. The Morgan fingerprint density at radius 2 is 2.19 bits per heavy atom. The van der Waals surface area contributed by atoms with Crippen LogP contribution in [0.3, 0.4) is 0 Å². The summed E-state index contributed by atoms with van der Waals surface area (Å²) in [5.74, 6) is 1.08. The summed E-state index contributed by atoms with van der Waals surface area (Å²) in [7, 11) is 0. The van der Waals surface area contributed by atoms with Gasteiger partial charge in [-0.2, -0.15) is 0 Å². The molecule has 0 aliphatic carbocycles. The molecule has 86 valence electrons. The molecule has 1 unspecified atom stereocenters. The van der Waals surface area contributed by atoms with Gasteiger partial charge in [-0.25, -0.2) is 9.97 Å². The zero-order chi connectivity index (χ0) is 11.8. The molecule has 16 heavy (non-hydrogen) atoms. The van der Waals surface area contributed by atoms with E-state index in [9.17, 15) is 5.11 Å². The van der Waals surface area contributed by atoms with Crippen LogP contribution in [0.2, 0.25) is 0 Å². The van der Waals surface area contributed by atoms with E-state index in [0.717, 1.165) is 5.52 Å². The molecule has 0 aromatic carbocycles. The number of aromatic nitrogens is 3. The van der Waals surface area contributed by atoms with Crippen LogP contribution >= 0.6 is 0 Å². The molecule has 0 amide bonds. The molecular weight excluding hydrogens is 206 g/mol. The highest BCUT2D eigenvalue weighted by Gasteiger charge is 2.20. The van der Waals surface area contributed by atoms with Crippen molar-refractivity contribution in [2.45, 2.75) is 18.9 Å². The van der Waals surface area contributed by atoms with E-state index < -0.39 is 5.60 Å². The number of imidazole rings is 1. The van der Waals surface area contributed by atoms with Gasteiger partial charge < -0.3 is 21.6 Å². The zero-order valence-corrected chi connectivity index (χ0v) is 9.07. The molecule has 2 aromatic heterocycles. The van der Waals surface area contributed by atoms with E-state index in [1.54, 1.807) is 13.0 Å². The summed E-state index contributed by atoms with van der Waals surface area (Å²) in [5, 5.41) is 9.83. The number of hydrogen-bond donors (Lipinski definition) is 4. The topological polar surface area (TPSA) is 114 Å². The number of aliphatic hydroxyl groups is 1. The standard InChI is InChI=1S/C10H15N5O/c1-10(16,5-11)4-8-13-6-2-3-7(12)14-9(6)15-8/h2-3,16H,4-5,11H2,1H3,(H3,12,13,14,15). The largest absolute Gasteiger partial charge is 0.388 e. The summed E-state index contributed by atoms with van der Waals surface area (Å²) >= 11 is 0. The number of H-pyrrole nitrogens is 1. The van der Waals surface area contributed by atoms with Gasteiger partial charge in [-0.05, 0) is 19.1 Å². The molecular formula is C10H15N5O. The predicted octanol–water partition coefficient (Wildman–Crippen LogP) is -0.208. The number of nitrogens with zero attached hydrogens (tertiary/aromatic N) is 2. The van der Waals surface area contributed by atoms with Crippen LogP contribution in [0.15, 0.2) is 12.1 Å². The normalized spacial score (nSPS) is 15.2. The van der Waals surface area contributed by atoms with Gasteiger partial charge in [0.2, 0.25) is 0 Å². The molecule has 0 bridgehead atoms. The summed E-state index contributed by atoms with van der Waals surface area (Å²) in [6, 6.07) is 3.51. The number of nitrogens with two attached hydrogens (primary N) is 2. The molecule has 0 radical (unpaired) electrons. The van der Waals surface area contributed by atoms with E-state index in [1.807, 2.05) is 6.07 Å². The Morgan fingerprint density at radius 1 is 1.44 bits per heavy atom. The molecule has 0 aliphatic heterocycles. The number of nitrogens with one attached hydrogen (secondary N) is 1. The van der Waals surface area contributed by atoms with Crippen LogP contribution in [0.25, 0.3) is 11.2 Å². The minimum absolute atomic E-state index is 0.180. The van der Waals surface area contributed by atoms with Crippen molar-refractivity contribution in [3.63, 3.8) is 0 Å². The molecule has 0 saturated carbocycles. The third-order valence-electron chi connectivity index (χ3n) is 2.40. The summed E-state index contributed by atoms with van der Waals surface area (Å²) < 4.78 is 0. The number of nitrogen functional groups attached to an aromatic ring is 1. The maximum absolute atomic E-state index is 9.83. The van der Waals surface area contributed by atoms with Gasteiger partial charge >= 0.3 is 0 Å². The van der Waals surface area contributed by atoms with Crippen LogP contribution in [-0.2, 0) is 6.42 Å². The lowest BCUT2D eigenvalue weighted by atomic mass is 10.0. The lowest BCUT2D eigenvalue weighted by molar-refractivity contribution is 0.0678. The molecule has 2 heterocycles. The van der Waals surface area contributed by atoms with E-state index in [0.29, 0.717) is 23.7 Å². The van der Waals surface area contributed by atoms with E-state index in [2.05, 4.69) is 15.0 Å². The first kappa shape index (κ1) is 10.8. The SMILES string of the molecule is CC(O)(CN)Cc1nc2nc(N)ccc2[nH]1. The van der Waals surface area contributed by atoms with Crippen molar-refractivity contribution in [3.05, 3.63) is 18.0 Å². The first-order valence-electron chi connectivity index (χ1n) is 5.04. The monoisotopic (exact) mass is 221 g/mol. The number of fused-ring (bicyclic) bond motifs is 1. The third kappa shape index (κ3) is 2.12. The Hall–Kier alpha value is -1.66. The number of aromatic amines is 1. The fraction of sp³-hybridized carbons (Fsp3) is 0.400. The predicted molar refractivity (Wildman–Crippen MR) is 61.7 cm³/mol. The molecule has 0 fully saturated rings. The van der Waals surface area contributed by atoms with Gasteiger partial charge in [0.1, 0.15) is 11.6 Å². The van der Waals surface area contributed by atoms with Gasteiger partial charge in [-0.1, -0.05) is 0 Å². The summed E-state index contributed by atoms with van der Waals surface area (Å²) in [4.78, 5) is 11.4. The lowest BCUT2D eigenvalue weighted by Crippen LogP contribution is -2.36. The second kappa shape index (κ2) is 3.73. The molecule has 0 saturated heterocycles. The summed E-state index contributed by atoms with van der Waals surface area (Å²) in [6.07, 6.45) is 0.361. The Balaban J connectivity index is 2.33. The molecule has 1 atom stereocenters. The van der Waals surface area contributed by atoms with Crippen molar-refractivity contribution in [1.29, 1.82) is 0 Å². The van der Waals surface area contributed by atoms with Crippen LogP contribution in [0.1, 0.15) is 12.7 Å². The number of pyridine rings is 1. The van der Waals surface area contributed by atoms with Crippen LogP contribution in [0.5, 0.6) is 0 Å². The van der Waals surface area contributed by atoms with Crippen molar-refractivity contribution in [3.8, 4) is 0 Å². The van der Waals surface area contributed by atoms with Crippen LogP contribution in [0.4, 0.5) is 5.82 Å². The Bertz CT molecular complexity index is 505. The molecule has 2 aromatic rings. The van der Waals surface area contributed by atoms with Crippen LogP contribution in [0, 0.1) is 0 Å². The van der Waals surface area contributed by atoms with Crippen molar-refractivity contribution in [2.75, 3.05) is 12.3 Å². The van der Waals surface area contributed by atoms with E-state index in [1.165, 1.54) is 0 Å².